The van der Waals surface area contributed by atoms with E-state index < -0.39 is 28.2 Å². The molecular weight excluding hydrogens is 390 g/mol. The van der Waals surface area contributed by atoms with Crippen molar-refractivity contribution in [1.29, 1.82) is 0 Å². The van der Waals surface area contributed by atoms with Crippen LogP contribution in [0.3, 0.4) is 0 Å². The van der Waals surface area contributed by atoms with Gasteiger partial charge in [0.15, 0.2) is 0 Å². The second-order valence-corrected chi connectivity index (χ2v) is 4.87. The van der Waals surface area contributed by atoms with Gasteiger partial charge in [0, 0.05) is 6.42 Å². The van der Waals surface area contributed by atoms with Crippen molar-refractivity contribution in [3.05, 3.63) is 20.2 Å². The molecule has 15 heteroatoms. The third-order valence-electron chi connectivity index (χ3n) is 2.77. The van der Waals surface area contributed by atoms with Gasteiger partial charge in [-0.05, 0) is 6.42 Å². The van der Waals surface area contributed by atoms with Crippen molar-refractivity contribution in [2.45, 2.75) is 18.9 Å². The summed E-state index contributed by atoms with van der Waals surface area (Å²) in [7, 11) is 0. The van der Waals surface area contributed by atoms with E-state index in [4.69, 9.17) is 24.7 Å². The fourth-order valence-electron chi connectivity index (χ4n) is 1.53. The summed E-state index contributed by atoms with van der Waals surface area (Å²) in [6.07, 6.45) is -0.109. The Kier molecular flexibility index (Phi) is 14.8. The normalized spacial score (nSPS) is 11.3. The number of carbonyl (C=O) groups is 2. The third kappa shape index (κ3) is 16.7. The van der Waals surface area contributed by atoms with E-state index in [1.165, 1.54) is 0 Å². The van der Waals surface area contributed by atoms with E-state index in [1.54, 1.807) is 0 Å². The van der Waals surface area contributed by atoms with Crippen molar-refractivity contribution in [2.24, 2.45) is 5.73 Å². The smallest absolute Gasteiger partial charge is 0.323 e. The van der Waals surface area contributed by atoms with Gasteiger partial charge in [0.25, 0.3) is 10.2 Å². The second-order valence-electron chi connectivity index (χ2n) is 4.87. The Morgan fingerprint density at radius 2 is 1.25 bits per heavy atom. The molecule has 15 nitrogen and oxygen atoms in total. The Balaban J connectivity index is 3.57. The quantitative estimate of drug-likeness (QED) is 0.119. The molecule has 1 atom stereocenters. The van der Waals surface area contributed by atoms with Crippen LogP contribution in [0, 0.1) is 20.2 Å². The lowest BCUT2D eigenvalue weighted by Crippen LogP contribution is -2.33. The molecule has 0 heterocycles. The number of rotatable bonds is 18. The van der Waals surface area contributed by atoms with Crippen molar-refractivity contribution in [3.63, 3.8) is 0 Å². The molecule has 0 spiro atoms. The molecule has 0 bridgehead atoms. The zero-order chi connectivity index (χ0) is 21.2. The minimum atomic E-state index is -1.03. The van der Waals surface area contributed by atoms with Gasteiger partial charge in [0.05, 0.1) is 26.4 Å². The molecule has 0 aliphatic carbocycles. The summed E-state index contributed by atoms with van der Waals surface area (Å²) >= 11 is 0. The van der Waals surface area contributed by atoms with Gasteiger partial charge < -0.3 is 34.4 Å². The predicted molar refractivity (Wildman–Crippen MR) is 86.7 cm³/mol. The van der Waals surface area contributed by atoms with E-state index in [9.17, 15) is 29.8 Å². The van der Waals surface area contributed by atoms with Gasteiger partial charge in [0.2, 0.25) is 0 Å². The first-order valence-electron chi connectivity index (χ1n) is 8.11. The molecule has 0 saturated carbocycles. The van der Waals surface area contributed by atoms with Crippen molar-refractivity contribution < 1.29 is 48.4 Å². The van der Waals surface area contributed by atoms with Crippen molar-refractivity contribution >= 4 is 11.9 Å². The van der Waals surface area contributed by atoms with Crippen LogP contribution in [-0.2, 0) is 38.2 Å². The molecule has 0 fully saturated rings. The lowest BCUT2D eigenvalue weighted by atomic mass is 10.2. The summed E-state index contributed by atoms with van der Waals surface area (Å²) in [6, 6.07) is -1.03. The van der Waals surface area contributed by atoms with Crippen LogP contribution in [0.2, 0.25) is 0 Å². The van der Waals surface area contributed by atoms with Crippen LogP contribution in [0.5, 0.6) is 0 Å². The van der Waals surface area contributed by atoms with Crippen LogP contribution >= 0.6 is 0 Å². The predicted octanol–water partition coefficient (Wildman–Crippen LogP) is -1.37. The summed E-state index contributed by atoms with van der Waals surface area (Å²) in [5.41, 5.74) is 5.58. The Hall–Kier alpha value is -2.78. The van der Waals surface area contributed by atoms with Gasteiger partial charge in [-0.2, -0.15) is 0 Å². The van der Waals surface area contributed by atoms with Gasteiger partial charge in [-0.1, -0.05) is 0 Å². The first kappa shape index (κ1) is 25.2. The highest BCUT2D eigenvalue weighted by molar-refractivity contribution is 5.77. The topological polar surface area (TPSA) is 202 Å². The number of nitrogens with zero attached hydrogens (tertiary/aromatic N) is 2. The van der Waals surface area contributed by atoms with Crippen LogP contribution < -0.4 is 5.73 Å². The van der Waals surface area contributed by atoms with Gasteiger partial charge in [-0.3, -0.25) is 9.59 Å². The lowest BCUT2D eigenvalue weighted by molar-refractivity contribution is -0.758. The Labute approximate surface area is 159 Å². The monoisotopic (exact) mass is 413 g/mol. The summed E-state index contributed by atoms with van der Waals surface area (Å²) in [6.45, 7) is -0.649. The summed E-state index contributed by atoms with van der Waals surface area (Å²) in [4.78, 5) is 50.8. The SMILES string of the molecule is NC(CCC(=O)OCCOCCO[N+](=O)[O-])C(=O)OCCOCCO[N+](=O)[O-]. The highest BCUT2D eigenvalue weighted by Crippen LogP contribution is 2.00. The van der Waals surface area contributed by atoms with Crippen molar-refractivity contribution in [2.75, 3.05) is 52.9 Å². The molecule has 2 N–H and O–H groups in total. The fraction of sp³-hybridized carbons (Fsp3) is 0.846. The average Bonchev–Trinajstić information content (AvgIpc) is 2.63. The molecule has 0 amide bonds. The van der Waals surface area contributed by atoms with E-state index in [0.29, 0.717) is 0 Å². The molecule has 0 aromatic heterocycles. The molecule has 0 aromatic carbocycles. The number of esters is 2. The zero-order valence-corrected chi connectivity index (χ0v) is 15.0. The standard InChI is InChI=1S/C13H23N3O12/c14-11(13(18)26-8-4-24-6-10-28-16(21)22)1-2-12(17)25-7-3-23-5-9-27-15(19)20/h11H,1-10,14H2. The third-order valence-corrected chi connectivity index (χ3v) is 2.77. The minimum absolute atomic E-state index is 0.00668. The van der Waals surface area contributed by atoms with Crippen LogP contribution in [0.4, 0.5) is 0 Å². The molecular formula is C13H23N3O12. The summed E-state index contributed by atoms with van der Waals surface area (Å²) in [5, 5.41) is 17.8. The molecule has 0 radical (unpaired) electrons. The van der Waals surface area contributed by atoms with Gasteiger partial charge in [-0.25, -0.2) is 0 Å². The highest BCUT2D eigenvalue weighted by atomic mass is 17.0. The molecule has 0 saturated heterocycles. The first-order valence-corrected chi connectivity index (χ1v) is 8.11. The highest BCUT2D eigenvalue weighted by Gasteiger charge is 2.17. The number of hydrogen-bond acceptors (Lipinski definition) is 13. The molecule has 0 rings (SSSR count). The van der Waals surface area contributed by atoms with E-state index in [-0.39, 0.29) is 65.7 Å². The van der Waals surface area contributed by atoms with E-state index in [0.717, 1.165) is 0 Å². The summed E-state index contributed by atoms with van der Waals surface area (Å²) < 4.78 is 19.5. The zero-order valence-electron chi connectivity index (χ0n) is 15.0. The van der Waals surface area contributed by atoms with Crippen LogP contribution in [0.15, 0.2) is 0 Å². The maximum Gasteiger partial charge on any atom is 0.323 e. The molecule has 0 aromatic rings. The molecule has 1 unspecified atom stereocenters. The van der Waals surface area contributed by atoms with Gasteiger partial charge in [-0.15, -0.1) is 20.2 Å². The number of nitrogens with two attached hydrogens (primary N) is 1. The Morgan fingerprint density at radius 1 is 0.786 bits per heavy atom. The second kappa shape index (κ2) is 16.4. The first-order chi connectivity index (χ1) is 13.3. The molecule has 162 valence electrons. The minimum Gasteiger partial charge on any atom is -0.463 e. The molecule has 28 heavy (non-hydrogen) atoms. The van der Waals surface area contributed by atoms with Crippen LogP contribution in [0.1, 0.15) is 12.8 Å². The van der Waals surface area contributed by atoms with Crippen LogP contribution in [-0.4, -0.2) is 81.0 Å². The Morgan fingerprint density at radius 3 is 1.75 bits per heavy atom. The largest absolute Gasteiger partial charge is 0.463 e. The van der Waals surface area contributed by atoms with Crippen molar-refractivity contribution in [1.82, 2.24) is 0 Å². The number of hydrogen-bond donors (Lipinski definition) is 1. The number of carbonyl (C=O) groups excluding carboxylic acids is 2. The fourth-order valence-corrected chi connectivity index (χ4v) is 1.53. The maximum absolute atomic E-state index is 11.6. The lowest BCUT2D eigenvalue weighted by Gasteiger charge is -2.11. The molecule has 0 aliphatic heterocycles. The van der Waals surface area contributed by atoms with E-state index in [2.05, 4.69) is 9.68 Å². The summed E-state index contributed by atoms with van der Waals surface area (Å²) in [5.74, 6) is -1.32. The molecule has 0 aliphatic rings. The maximum atomic E-state index is 11.6. The van der Waals surface area contributed by atoms with Gasteiger partial charge in [0.1, 0.15) is 32.5 Å². The Bertz CT molecular complexity index is 489. The van der Waals surface area contributed by atoms with Crippen molar-refractivity contribution in [3.8, 4) is 0 Å². The van der Waals surface area contributed by atoms with E-state index in [1.807, 2.05) is 0 Å². The van der Waals surface area contributed by atoms with E-state index >= 15 is 0 Å². The van der Waals surface area contributed by atoms with Gasteiger partial charge >= 0.3 is 11.9 Å². The average molecular weight is 413 g/mol. The number of ether oxygens (including phenoxy) is 4. The van der Waals surface area contributed by atoms with Crippen LogP contribution in [0.25, 0.3) is 0 Å².